The van der Waals surface area contributed by atoms with E-state index >= 15 is 0 Å². The average Bonchev–Trinajstić information content (AvgIpc) is 3.28. The third kappa shape index (κ3) is 3.06. The lowest BCUT2D eigenvalue weighted by Crippen LogP contribution is -2.65. The molecule has 0 spiro atoms. The molecule has 20 heavy (non-hydrogen) atoms. The zero-order valence-corrected chi connectivity index (χ0v) is 13.8. The summed E-state index contributed by atoms with van der Waals surface area (Å²) in [6.07, 6.45) is 11.6. The summed E-state index contributed by atoms with van der Waals surface area (Å²) in [5.74, 6) is 1.98. The van der Waals surface area contributed by atoms with Gasteiger partial charge in [0.1, 0.15) is 0 Å². The first-order chi connectivity index (χ1) is 9.62. The first-order valence-electron chi connectivity index (χ1n) is 9.13. The van der Waals surface area contributed by atoms with Crippen LogP contribution in [-0.2, 0) is 0 Å². The molecule has 0 aromatic carbocycles. The summed E-state index contributed by atoms with van der Waals surface area (Å²) in [7, 11) is 0. The van der Waals surface area contributed by atoms with Gasteiger partial charge in [-0.3, -0.25) is 4.90 Å². The first-order valence-corrected chi connectivity index (χ1v) is 9.13. The minimum atomic E-state index is 0.410. The molecule has 0 radical (unpaired) electrons. The van der Waals surface area contributed by atoms with Crippen LogP contribution in [0.1, 0.15) is 72.1 Å². The van der Waals surface area contributed by atoms with E-state index in [1.807, 2.05) is 0 Å². The highest BCUT2D eigenvalue weighted by atomic mass is 15.3. The van der Waals surface area contributed by atoms with Gasteiger partial charge in [0, 0.05) is 30.7 Å². The monoisotopic (exact) mass is 278 g/mol. The second kappa shape index (κ2) is 5.96. The molecule has 1 aliphatic heterocycles. The van der Waals surface area contributed by atoms with E-state index < -0.39 is 0 Å². The minimum absolute atomic E-state index is 0.410. The van der Waals surface area contributed by atoms with Crippen molar-refractivity contribution in [3.8, 4) is 0 Å². The van der Waals surface area contributed by atoms with Crippen molar-refractivity contribution in [1.82, 2.24) is 10.2 Å². The molecule has 0 aromatic rings. The fourth-order valence-electron chi connectivity index (χ4n) is 4.75. The van der Waals surface area contributed by atoms with E-state index in [0.29, 0.717) is 5.54 Å². The summed E-state index contributed by atoms with van der Waals surface area (Å²) in [6, 6.07) is 1.60. The van der Waals surface area contributed by atoms with Gasteiger partial charge in [-0.05, 0) is 64.2 Å². The van der Waals surface area contributed by atoms with Crippen LogP contribution in [0, 0.1) is 11.8 Å². The number of piperazine rings is 1. The van der Waals surface area contributed by atoms with Crippen molar-refractivity contribution in [2.24, 2.45) is 11.8 Å². The smallest absolute Gasteiger partial charge is 0.0309 e. The topological polar surface area (TPSA) is 15.3 Å². The van der Waals surface area contributed by atoms with E-state index in [0.717, 1.165) is 23.9 Å². The number of hydrogen-bond donors (Lipinski definition) is 1. The number of nitrogens with one attached hydrogen (secondary N) is 1. The maximum atomic E-state index is 3.86. The predicted octanol–water partition coefficient (Wildman–Crippen LogP) is 3.81. The molecule has 1 saturated heterocycles. The van der Waals surface area contributed by atoms with E-state index in [1.54, 1.807) is 0 Å². The summed E-state index contributed by atoms with van der Waals surface area (Å²) in [5, 5.41) is 3.86. The van der Waals surface area contributed by atoms with Crippen LogP contribution in [0.5, 0.6) is 0 Å². The highest BCUT2D eigenvalue weighted by Crippen LogP contribution is 2.42. The Balaban J connectivity index is 1.58. The molecule has 3 rings (SSSR count). The lowest BCUT2D eigenvalue weighted by Gasteiger charge is -2.50. The molecule has 116 valence electrons. The third-order valence-electron chi connectivity index (χ3n) is 6.34. The lowest BCUT2D eigenvalue weighted by atomic mass is 9.81. The molecule has 1 N–H and O–H groups in total. The molecule has 2 atom stereocenters. The van der Waals surface area contributed by atoms with E-state index in [1.165, 1.54) is 64.5 Å². The number of nitrogens with zero attached hydrogens (tertiary/aromatic N) is 1. The molecule has 0 bridgehead atoms. The Morgan fingerprint density at radius 1 is 1.10 bits per heavy atom. The molecule has 2 heteroatoms. The van der Waals surface area contributed by atoms with Crippen LogP contribution in [0.25, 0.3) is 0 Å². The van der Waals surface area contributed by atoms with Crippen LogP contribution in [0.2, 0.25) is 0 Å². The second-order valence-corrected chi connectivity index (χ2v) is 8.06. The Labute approximate surface area is 125 Å². The predicted molar refractivity (Wildman–Crippen MR) is 86.0 cm³/mol. The van der Waals surface area contributed by atoms with Gasteiger partial charge in [0.2, 0.25) is 0 Å². The van der Waals surface area contributed by atoms with Gasteiger partial charge in [-0.2, -0.15) is 0 Å². The molecule has 2 aliphatic carbocycles. The van der Waals surface area contributed by atoms with Gasteiger partial charge in [0.15, 0.2) is 0 Å². The summed E-state index contributed by atoms with van der Waals surface area (Å²) >= 11 is 0. The first kappa shape index (κ1) is 14.8. The molecule has 2 nitrogen and oxygen atoms in total. The van der Waals surface area contributed by atoms with Crippen LogP contribution in [0.3, 0.4) is 0 Å². The van der Waals surface area contributed by atoms with Crippen LogP contribution in [-0.4, -0.2) is 35.6 Å². The highest BCUT2D eigenvalue weighted by molar-refractivity contribution is 5.04. The van der Waals surface area contributed by atoms with Crippen molar-refractivity contribution < 1.29 is 0 Å². The number of hydrogen-bond acceptors (Lipinski definition) is 2. The van der Waals surface area contributed by atoms with Crippen molar-refractivity contribution in [2.45, 2.75) is 89.8 Å². The molecular weight excluding hydrogens is 244 g/mol. The van der Waals surface area contributed by atoms with Gasteiger partial charge in [0.05, 0.1) is 0 Å². The van der Waals surface area contributed by atoms with Crippen molar-refractivity contribution >= 4 is 0 Å². The van der Waals surface area contributed by atoms with Crippen LogP contribution >= 0.6 is 0 Å². The maximum absolute atomic E-state index is 3.86. The van der Waals surface area contributed by atoms with Crippen LogP contribution in [0.15, 0.2) is 0 Å². The Morgan fingerprint density at radius 2 is 1.80 bits per heavy atom. The molecule has 1 heterocycles. The second-order valence-electron chi connectivity index (χ2n) is 8.06. The number of rotatable bonds is 4. The fourth-order valence-corrected chi connectivity index (χ4v) is 4.75. The van der Waals surface area contributed by atoms with E-state index in [-0.39, 0.29) is 0 Å². The van der Waals surface area contributed by atoms with Gasteiger partial charge in [0.25, 0.3) is 0 Å². The summed E-state index contributed by atoms with van der Waals surface area (Å²) in [6.45, 7) is 9.74. The van der Waals surface area contributed by atoms with Crippen LogP contribution in [0.4, 0.5) is 0 Å². The summed E-state index contributed by atoms with van der Waals surface area (Å²) < 4.78 is 0. The molecule has 3 fully saturated rings. The molecule has 0 amide bonds. The fraction of sp³-hybridized carbons (Fsp3) is 1.00. The van der Waals surface area contributed by atoms with Gasteiger partial charge in [-0.25, -0.2) is 0 Å². The summed E-state index contributed by atoms with van der Waals surface area (Å²) in [4.78, 5) is 2.87. The Hall–Kier alpha value is -0.0800. The van der Waals surface area contributed by atoms with Crippen LogP contribution < -0.4 is 5.32 Å². The van der Waals surface area contributed by atoms with Gasteiger partial charge in [-0.1, -0.05) is 19.8 Å². The Morgan fingerprint density at radius 3 is 2.40 bits per heavy atom. The van der Waals surface area contributed by atoms with E-state index in [4.69, 9.17) is 0 Å². The SMILES string of the molecule is CCCC1CCC(N2CC(C)(C3CC3)NCC2C)CC1. The largest absolute Gasteiger partial charge is 0.308 e. The molecule has 3 aliphatic rings. The minimum Gasteiger partial charge on any atom is -0.308 e. The zero-order chi connectivity index (χ0) is 14.2. The molecular formula is C18H34N2. The highest BCUT2D eigenvalue weighted by Gasteiger charge is 2.46. The summed E-state index contributed by atoms with van der Waals surface area (Å²) in [5.41, 5.74) is 0.410. The maximum Gasteiger partial charge on any atom is 0.0309 e. The van der Waals surface area contributed by atoms with Gasteiger partial charge >= 0.3 is 0 Å². The van der Waals surface area contributed by atoms with Crippen molar-refractivity contribution in [3.05, 3.63) is 0 Å². The van der Waals surface area contributed by atoms with Gasteiger partial charge in [-0.15, -0.1) is 0 Å². The lowest BCUT2D eigenvalue weighted by molar-refractivity contribution is 0.0250. The average molecular weight is 278 g/mol. The van der Waals surface area contributed by atoms with Crippen molar-refractivity contribution in [2.75, 3.05) is 13.1 Å². The molecule has 2 saturated carbocycles. The van der Waals surface area contributed by atoms with E-state index in [9.17, 15) is 0 Å². The van der Waals surface area contributed by atoms with Crippen molar-refractivity contribution in [3.63, 3.8) is 0 Å². The Bertz CT molecular complexity index is 317. The van der Waals surface area contributed by atoms with Gasteiger partial charge < -0.3 is 5.32 Å². The zero-order valence-electron chi connectivity index (χ0n) is 13.8. The normalized spacial score (nSPS) is 43.6. The third-order valence-corrected chi connectivity index (χ3v) is 6.34. The van der Waals surface area contributed by atoms with Crippen molar-refractivity contribution in [1.29, 1.82) is 0 Å². The van der Waals surface area contributed by atoms with E-state index in [2.05, 4.69) is 31.0 Å². The molecule has 0 aromatic heterocycles. The standard InChI is InChI=1S/C18H34N2/c1-4-5-15-6-10-17(11-7-15)20-13-18(3,16-8-9-16)19-12-14(20)2/h14-17,19H,4-13H2,1-3H3. The molecule has 2 unspecified atom stereocenters. The quantitative estimate of drug-likeness (QED) is 0.841. The Kier molecular flexibility index (Phi) is 4.42.